The average molecular weight is 495 g/mol. The second kappa shape index (κ2) is 11.5. The van der Waals surface area contributed by atoms with E-state index in [-0.39, 0.29) is 18.2 Å². The fourth-order valence-electron chi connectivity index (χ4n) is 4.30. The number of hydrogen-bond acceptors (Lipinski definition) is 6. The molecule has 0 aliphatic carbocycles. The molecule has 1 aliphatic rings. The Bertz CT molecular complexity index is 1040. The lowest BCUT2D eigenvalue weighted by molar-refractivity contribution is -0.124. The second-order valence-corrected chi connectivity index (χ2v) is 10.4. The Balaban J connectivity index is 1.84. The maximum atomic E-state index is 13.6. The van der Waals surface area contributed by atoms with Gasteiger partial charge >= 0.3 is 7.12 Å². The van der Waals surface area contributed by atoms with Gasteiger partial charge in [0.15, 0.2) is 0 Å². The minimum atomic E-state index is -0.773. The van der Waals surface area contributed by atoms with Crippen molar-refractivity contribution in [2.75, 3.05) is 13.7 Å². The Morgan fingerprint density at radius 1 is 1.08 bits per heavy atom. The maximum absolute atomic E-state index is 13.6. The molecule has 36 heavy (non-hydrogen) atoms. The first-order chi connectivity index (χ1) is 16.9. The molecule has 194 valence electrons. The summed E-state index contributed by atoms with van der Waals surface area (Å²) < 4.78 is 18.0. The largest absolute Gasteiger partial charge is 0.481 e. The number of amides is 2. The Kier molecular flexibility index (Phi) is 8.92. The lowest BCUT2D eigenvalue weighted by Crippen LogP contribution is -2.50. The highest BCUT2D eigenvalue weighted by Gasteiger charge is 2.54. The normalized spacial score (nSPS) is 18.0. The van der Waals surface area contributed by atoms with Gasteiger partial charge in [-0.15, -0.1) is 0 Å². The zero-order valence-electron chi connectivity index (χ0n) is 22.2. The van der Waals surface area contributed by atoms with Gasteiger partial charge in [-0.3, -0.25) is 9.59 Å². The zero-order valence-corrected chi connectivity index (χ0v) is 22.2. The molecule has 1 aromatic heterocycles. The van der Waals surface area contributed by atoms with Gasteiger partial charge in [-0.25, -0.2) is 4.98 Å². The van der Waals surface area contributed by atoms with E-state index in [2.05, 4.69) is 22.4 Å². The fourth-order valence-corrected chi connectivity index (χ4v) is 4.30. The van der Waals surface area contributed by atoms with Crippen molar-refractivity contribution in [2.45, 2.75) is 76.9 Å². The molecule has 0 bridgehead atoms. The van der Waals surface area contributed by atoms with Crippen LogP contribution in [-0.4, -0.2) is 54.8 Å². The first-order valence-electron chi connectivity index (χ1n) is 12.4. The average Bonchev–Trinajstić information content (AvgIpc) is 3.04. The Labute approximate surface area is 214 Å². The lowest BCUT2D eigenvalue weighted by atomic mass is 9.74. The van der Waals surface area contributed by atoms with Crippen LogP contribution in [0.5, 0.6) is 0 Å². The summed E-state index contributed by atoms with van der Waals surface area (Å²) in [5.41, 5.74) is 6.89. The number of nitrogens with zero attached hydrogens (tertiary/aromatic N) is 1. The van der Waals surface area contributed by atoms with Crippen LogP contribution in [0.4, 0.5) is 0 Å². The number of carbonyl (C=O) groups is 2. The molecule has 1 aliphatic heterocycles. The third-order valence-corrected chi connectivity index (χ3v) is 7.08. The topological polar surface area (TPSA) is 113 Å². The van der Waals surface area contributed by atoms with Crippen LogP contribution in [0.2, 0.25) is 0 Å². The van der Waals surface area contributed by atoms with Crippen LogP contribution < -0.4 is 11.1 Å². The van der Waals surface area contributed by atoms with Crippen LogP contribution in [0.25, 0.3) is 0 Å². The number of aryl methyl sites for hydroxylation is 2. The van der Waals surface area contributed by atoms with Crippen molar-refractivity contribution in [2.24, 2.45) is 5.73 Å². The van der Waals surface area contributed by atoms with E-state index < -0.39 is 36.1 Å². The summed E-state index contributed by atoms with van der Waals surface area (Å²) in [5.74, 6) is -2.17. The van der Waals surface area contributed by atoms with Gasteiger partial charge in [0.1, 0.15) is 5.69 Å². The number of nitrogens with one attached hydrogen (secondary N) is 1. The van der Waals surface area contributed by atoms with Gasteiger partial charge in [0.2, 0.25) is 5.91 Å². The van der Waals surface area contributed by atoms with Crippen LogP contribution in [0.3, 0.4) is 0 Å². The van der Waals surface area contributed by atoms with Crippen molar-refractivity contribution in [3.05, 3.63) is 65.0 Å². The van der Waals surface area contributed by atoms with Crippen molar-refractivity contribution in [1.82, 2.24) is 10.3 Å². The summed E-state index contributed by atoms with van der Waals surface area (Å²) in [6, 6.07) is 13.7. The number of ether oxygens (including phenoxy) is 1. The number of pyridine rings is 1. The molecule has 1 aromatic carbocycles. The highest BCUT2D eigenvalue weighted by molar-refractivity contribution is 6.48. The van der Waals surface area contributed by atoms with Crippen molar-refractivity contribution < 1.29 is 23.6 Å². The van der Waals surface area contributed by atoms with Gasteiger partial charge in [-0.05, 0) is 71.1 Å². The minimum absolute atomic E-state index is 0.0664. The number of nitrogens with two attached hydrogens (primary N) is 1. The summed E-state index contributed by atoms with van der Waals surface area (Å²) in [4.78, 5) is 30.0. The van der Waals surface area contributed by atoms with E-state index in [9.17, 15) is 9.59 Å². The van der Waals surface area contributed by atoms with E-state index >= 15 is 0 Å². The molecule has 2 atom stereocenters. The highest BCUT2D eigenvalue weighted by Crippen LogP contribution is 2.38. The van der Waals surface area contributed by atoms with E-state index in [1.165, 1.54) is 12.7 Å². The molecule has 0 spiro atoms. The number of carbonyl (C=O) groups excluding carboxylic acids is 2. The van der Waals surface area contributed by atoms with Gasteiger partial charge in [0.05, 0.1) is 29.7 Å². The van der Waals surface area contributed by atoms with Gasteiger partial charge < -0.3 is 25.1 Å². The van der Waals surface area contributed by atoms with Crippen LogP contribution in [0.1, 0.15) is 73.8 Å². The SMILES string of the molecule is COC[C@H](C(=O)N[C@@H](CCCc1ccccc1)B1OC(C)(C)C(C)(C)O1)c1ccc(C)nc1C(N)=O. The predicted molar refractivity (Wildman–Crippen MR) is 140 cm³/mol. The molecule has 0 radical (unpaired) electrons. The maximum Gasteiger partial charge on any atom is 0.481 e. The number of primary amides is 1. The smallest absolute Gasteiger partial charge is 0.402 e. The minimum Gasteiger partial charge on any atom is -0.402 e. The Morgan fingerprint density at radius 2 is 1.72 bits per heavy atom. The van der Waals surface area contributed by atoms with Crippen molar-refractivity contribution in [3.8, 4) is 0 Å². The van der Waals surface area contributed by atoms with E-state index in [1.807, 2.05) is 45.9 Å². The molecule has 2 aromatic rings. The van der Waals surface area contributed by atoms with Crippen molar-refractivity contribution in [3.63, 3.8) is 0 Å². The van der Waals surface area contributed by atoms with Gasteiger partial charge in [-0.1, -0.05) is 36.4 Å². The molecule has 3 N–H and O–H groups in total. The molecular formula is C27H38BN3O5. The molecule has 1 fully saturated rings. The fraction of sp³-hybridized carbons (Fsp3) is 0.519. The van der Waals surface area contributed by atoms with E-state index in [0.29, 0.717) is 17.7 Å². The summed E-state index contributed by atoms with van der Waals surface area (Å²) in [6.45, 7) is 9.78. The predicted octanol–water partition coefficient (Wildman–Crippen LogP) is 3.36. The molecule has 9 heteroatoms. The number of methoxy groups -OCH3 is 1. The van der Waals surface area contributed by atoms with Crippen LogP contribution in [-0.2, 0) is 25.3 Å². The highest BCUT2D eigenvalue weighted by atomic mass is 16.7. The van der Waals surface area contributed by atoms with Crippen LogP contribution in [0, 0.1) is 6.92 Å². The summed E-state index contributed by atoms with van der Waals surface area (Å²) in [5, 5.41) is 3.14. The van der Waals surface area contributed by atoms with Crippen LogP contribution >= 0.6 is 0 Å². The number of aromatic nitrogens is 1. The molecule has 3 rings (SSSR count). The molecule has 2 heterocycles. The van der Waals surface area contributed by atoms with E-state index in [4.69, 9.17) is 19.8 Å². The molecule has 2 amide bonds. The first kappa shape index (κ1) is 27.8. The Hall–Kier alpha value is -2.75. The van der Waals surface area contributed by atoms with Gasteiger partial charge in [0, 0.05) is 12.8 Å². The standard InChI is InChI=1S/C27H38BN3O5/c1-18-15-16-20(23(30-18)24(29)32)21(17-34-6)25(33)31-22(14-10-13-19-11-8-7-9-12-19)28-35-26(2,3)27(4,5)36-28/h7-9,11-12,15-16,21-22H,10,13-14,17H2,1-6H3,(H2,29,32)(H,31,33)/t21-,22-/m0/s1. The quantitative estimate of drug-likeness (QED) is 0.463. The Morgan fingerprint density at radius 3 is 2.31 bits per heavy atom. The summed E-state index contributed by atoms with van der Waals surface area (Å²) >= 11 is 0. The third kappa shape index (κ3) is 6.52. The summed E-state index contributed by atoms with van der Waals surface area (Å²) in [6.07, 6.45) is 2.33. The zero-order chi connectivity index (χ0) is 26.5. The molecule has 0 saturated carbocycles. The van der Waals surface area contributed by atoms with Gasteiger partial charge in [0.25, 0.3) is 5.91 Å². The molecule has 0 unspecified atom stereocenters. The molecule has 1 saturated heterocycles. The van der Waals surface area contributed by atoms with Gasteiger partial charge in [-0.2, -0.15) is 0 Å². The first-order valence-corrected chi connectivity index (χ1v) is 12.4. The van der Waals surface area contributed by atoms with Crippen molar-refractivity contribution >= 4 is 18.9 Å². The van der Waals surface area contributed by atoms with Crippen molar-refractivity contribution in [1.29, 1.82) is 0 Å². The molecule has 8 nitrogen and oxygen atoms in total. The summed E-state index contributed by atoms with van der Waals surface area (Å²) in [7, 11) is 0.891. The number of hydrogen-bond donors (Lipinski definition) is 2. The lowest BCUT2D eigenvalue weighted by Gasteiger charge is -2.32. The number of rotatable bonds is 11. The molecular weight excluding hydrogens is 457 g/mol. The van der Waals surface area contributed by atoms with Crippen LogP contribution in [0.15, 0.2) is 42.5 Å². The van der Waals surface area contributed by atoms with E-state index in [0.717, 1.165) is 12.8 Å². The second-order valence-electron chi connectivity index (χ2n) is 10.4. The number of benzene rings is 1. The van der Waals surface area contributed by atoms with E-state index in [1.54, 1.807) is 19.1 Å². The monoisotopic (exact) mass is 495 g/mol. The third-order valence-electron chi connectivity index (χ3n) is 7.08.